The Morgan fingerprint density at radius 1 is 1.60 bits per heavy atom. The summed E-state index contributed by atoms with van der Waals surface area (Å²) in [5.41, 5.74) is 5.46. The van der Waals surface area contributed by atoms with Gasteiger partial charge in [-0.1, -0.05) is 11.6 Å². The maximum atomic E-state index is 11.1. The minimum absolute atomic E-state index is 0.101. The quantitative estimate of drug-likeness (QED) is 0.689. The number of anilines is 2. The number of hydrogen-bond acceptors (Lipinski definition) is 5. The normalized spacial score (nSPS) is 9.73. The van der Waals surface area contributed by atoms with Gasteiger partial charge < -0.3 is 16.4 Å². The number of nitrogens with one attached hydrogen (secondary N) is 2. The number of hydrogen-bond donors (Lipinski definition) is 3. The predicted octanol–water partition coefficient (Wildman–Crippen LogP) is 0.260. The molecular weight excluding hydrogens is 218 g/mol. The van der Waals surface area contributed by atoms with Gasteiger partial charge in [-0.2, -0.15) is 0 Å². The number of nitrogens with zero attached hydrogens (tertiary/aromatic N) is 2. The summed E-state index contributed by atoms with van der Waals surface area (Å²) < 4.78 is 0. The summed E-state index contributed by atoms with van der Waals surface area (Å²) >= 11 is 5.81. The van der Waals surface area contributed by atoms with Gasteiger partial charge in [0.15, 0.2) is 5.82 Å². The lowest BCUT2D eigenvalue weighted by atomic mass is 10.5. The molecular formula is C8H12ClN5O. The number of nitrogens with two attached hydrogens (primary N) is 1. The molecule has 7 heteroatoms. The van der Waals surface area contributed by atoms with E-state index < -0.39 is 0 Å². The highest BCUT2D eigenvalue weighted by Crippen LogP contribution is 2.22. The Kier molecular flexibility index (Phi) is 4.11. The van der Waals surface area contributed by atoms with Crippen LogP contribution < -0.4 is 16.4 Å². The lowest BCUT2D eigenvalue weighted by Crippen LogP contribution is -2.29. The molecule has 6 nitrogen and oxygen atoms in total. The van der Waals surface area contributed by atoms with Crippen LogP contribution in [0.2, 0.25) is 5.02 Å². The average molecular weight is 230 g/mol. The number of amides is 1. The van der Waals surface area contributed by atoms with Crippen molar-refractivity contribution in [1.29, 1.82) is 0 Å². The Labute approximate surface area is 92.2 Å². The molecule has 1 aromatic heterocycles. The van der Waals surface area contributed by atoms with Crippen LogP contribution in [0.5, 0.6) is 0 Å². The van der Waals surface area contributed by atoms with E-state index in [-0.39, 0.29) is 23.3 Å². The van der Waals surface area contributed by atoms with Crippen molar-refractivity contribution < 1.29 is 4.79 Å². The Morgan fingerprint density at radius 2 is 2.33 bits per heavy atom. The molecule has 1 aromatic rings. The topological polar surface area (TPSA) is 92.9 Å². The molecule has 0 bridgehead atoms. The minimum atomic E-state index is -0.134. The second kappa shape index (κ2) is 5.35. The molecule has 4 N–H and O–H groups in total. The fourth-order valence-electron chi connectivity index (χ4n) is 0.930. The first-order valence-corrected chi connectivity index (χ1v) is 4.79. The summed E-state index contributed by atoms with van der Waals surface area (Å²) in [5.74, 6) is 0.409. The monoisotopic (exact) mass is 229 g/mol. The van der Waals surface area contributed by atoms with Gasteiger partial charge in [0.1, 0.15) is 17.2 Å². The van der Waals surface area contributed by atoms with Crippen LogP contribution in [0.15, 0.2) is 6.33 Å². The Hall–Kier alpha value is -1.56. The van der Waals surface area contributed by atoms with E-state index >= 15 is 0 Å². The highest BCUT2D eigenvalue weighted by molar-refractivity contribution is 6.35. The number of carbonyl (C=O) groups excluding carboxylic acids is 1. The van der Waals surface area contributed by atoms with Crippen molar-refractivity contribution in [3.63, 3.8) is 0 Å². The molecule has 0 aliphatic heterocycles. The van der Waals surface area contributed by atoms with Gasteiger partial charge in [-0.05, 0) is 6.92 Å². The zero-order chi connectivity index (χ0) is 11.3. The molecule has 15 heavy (non-hydrogen) atoms. The van der Waals surface area contributed by atoms with Gasteiger partial charge >= 0.3 is 0 Å². The molecule has 0 radical (unpaired) electrons. The van der Waals surface area contributed by atoms with E-state index in [1.807, 2.05) is 6.92 Å². The Balaban J connectivity index is 2.58. The molecule has 0 aliphatic carbocycles. The largest absolute Gasteiger partial charge is 0.382 e. The molecule has 0 aromatic carbocycles. The van der Waals surface area contributed by atoms with Crippen molar-refractivity contribution in [2.45, 2.75) is 6.92 Å². The Bertz CT molecular complexity index is 357. The number of aromatic nitrogens is 2. The maximum Gasteiger partial charge on any atom is 0.239 e. The smallest absolute Gasteiger partial charge is 0.239 e. The summed E-state index contributed by atoms with van der Waals surface area (Å²) in [6.07, 6.45) is 1.28. The number of likely N-dealkylation sites (N-methyl/N-ethyl adjacent to an activating group) is 1. The highest BCUT2D eigenvalue weighted by Gasteiger charge is 2.07. The van der Waals surface area contributed by atoms with E-state index in [2.05, 4.69) is 20.6 Å². The maximum absolute atomic E-state index is 11.1. The first-order chi connectivity index (χ1) is 7.15. The van der Waals surface area contributed by atoms with Crippen LogP contribution in [0.25, 0.3) is 0 Å². The van der Waals surface area contributed by atoms with Gasteiger partial charge in [0, 0.05) is 6.54 Å². The van der Waals surface area contributed by atoms with Crippen LogP contribution in [0.1, 0.15) is 6.92 Å². The first kappa shape index (κ1) is 11.5. The van der Waals surface area contributed by atoms with E-state index in [4.69, 9.17) is 17.3 Å². The van der Waals surface area contributed by atoms with Gasteiger partial charge in [-0.3, -0.25) is 4.79 Å². The van der Waals surface area contributed by atoms with Crippen molar-refractivity contribution in [3.8, 4) is 0 Å². The average Bonchev–Trinajstić information content (AvgIpc) is 2.21. The number of nitrogen functional groups attached to an aromatic ring is 1. The Morgan fingerprint density at radius 3 is 3.00 bits per heavy atom. The number of carbonyl (C=O) groups is 1. The fourth-order valence-corrected chi connectivity index (χ4v) is 1.09. The SMILES string of the molecule is CCNC(=O)CNc1ncnc(N)c1Cl. The number of rotatable bonds is 4. The van der Waals surface area contributed by atoms with Crippen LogP contribution in [-0.2, 0) is 4.79 Å². The van der Waals surface area contributed by atoms with Crippen LogP contribution in [0.3, 0.4) is 0 Å². The van der Waals surface area contributed by atoms with Gasteiger partial charge in [-0.25, -0.2) is 9.97 Å². The third kappa shape index (κ3) is 3.25. The van der Waals surface area contributed by atoms with E-state index in [9.17, 15) is 4.79 Å². The summed E-state index contributed by atoms with van der Waals surface area (Å²) in [5, 5.41) is 5.62. The molecule has 1 amide bonds. The van der Waals surface area contributed by atoms with E-state index in [0.29, 0.717) is 12.4 Å². The van der Waals surface area contributed by atoms with Crippen molar-refractivity contribution >= 4 is 29.1 Å². The summed E-state index contributed by atoms with van der Waals surface area (Å²) in [4.78, 5) is 18.7. The van der Waals surface area contributed by atoms with Gasteiger partial charge in [-0.15, -0.1) is 0 Å². The van der Waals surface area contributed by atoms with Crippen molar-refractivity contribution in [2.75, 3.05) is 24.1 Å². The van der Waals surface area contributed by atoms with Crippen LogP contribution in [-0.4, -0.2) is 29.0 Å². The van der Waals surface area contributed by atoms with Crippen molar-refractivity contribution in [1.82, 2.24) is 15.3 Å². The molecule has 0 spiro atoms. The van der Waals surface area contributed by atoms with E-state index in [0.717, 1.165) is 0 Å². The van der Waals surface area contributed by atoms with Gasteiger partial charge in [0.2, 0.25) is 5.91 Å². The standard InChI is InChI=1S/C8H12ClN5O/c1-2-11-5(15)3-12-8-6(9)7(10)13-4-14-8/h4H,2-3H2,1H3,(H,11,15)(H3,10,12,13,14). The van der Waals surface area contributed by atoms with Crippen LogP contribution >= 0.6 is 11.6 Å². The molecule has 0 fully saturated rings. The summed E-state index contributed by atoms with van der Waals surface area (Å²) in [7, 11) is 0. The summed E-state index contributed by atoms with van der Waals surface area (Å²) in [6, 6.07) is 0. The molecule has 82 valence electrons. The molecule has 0 atom stereocenters. The zero-order valence-electron chi connectivity index (χ0n) is 8.25. The molecule has 0 saturated carbocycles. The molecule has 0 aliphatic rings. The first-order valence-electron chi connectivity index (χ1n) is 4.41. The second-order valence-electron chi connectivity index (χ2n) is 2.73. The third-order valence-electron chi connectivity index (χ3n) is 1.61. The lowest BCUT2D eigenvalue weighted by Gasteiger charge is -2.07. The minimum Gasteiger partial charge on any atom is -0.382 e. The van der Waals surface area contributed by atoms with E-state index in [1.165, 1.54) is 6.33 Å². The van der Waals surface area contributed by atoms with Crippen LogP contribution in [0.4, 0.5) is 11.6 Å². The molecule has 0 unspecified atom stereocenters. The van der Waals surface area contributed by atoms with E-state index in [1.54, 1.807) is 0 Å². The molecule has 0 saturated heterocycles. The predicted molar refractivity (Wildman–Crippen MR) is 58.6 cm³/mol. The van der Waals surface area contributed by atoms with Crippen molar-refractivity contribution in [2.24, 2.45) is 0 Å². The third-order valence-corrected chi connectivity index (χ3v) is 1.98. The lowest BCUT2D eigenvalue weighted by molar-refractivity contribution is -0.119. The highest BCUT2D eigenvalue weighted by atomic mass is 35.5. The fraction of sp³-hybridized carbons (Fsp3) is 0.375. The molecule has 1 rings (SSSR count). The van der Waals surface area contributed by atoms with Crippen molar-refractivity contribution in [3.05, 3.63) is 11.3 Å². The second-order valence-corrected chi connectivity index (χ2v) is 3.11. The zero-order valence-corrected chi connectivity index (χ0v) is 9.01. The van der Waals surface area contributed by atoms with Gasteiger partial charge in [0.05, 0.1) is 6.54 Å². The van der Waals surface area contributed by atoms with Crippen LogP contribution in [0, 0.1) is 0 Å². The summed E-state index contributed by atoms with van der Waals surface area (Å²) in [6.45, 7) is 2.53. The number of halogens is 1. The molecule has 1 heterocycles. The van der Waals surface area contributed by atoms with Gasteiger partial charge in [0.25, 0.3) is 0 Å².